The fourth-order valence-electron chi connectivity index (χ4n) is 4.98. The second-order valence-corrected chi connectivity index (χ2v) is 13.5. The summed E-state index contributed by atoms with van der Waals surface area (Å²) >= 11 is 0. The van der Waals surface area contributed by atoms with Gasteiger partial charge in [-0.05, 0) is 82.4 Å². The second kappa shape index (κ2) is 22.5. The molecule has 2 amide bonds. The normalized spacial score (nSPS) is 14.1. The molecule has 3 N–H and O–H groups in total. The number of esters is 1. The summed E-state index contributed by atoms with van der Waals surface area (Å²) in [6.45, 7) is 15.4. The minimum atomic E-state index is -0.962. The van der Waals surface area contributed by atoms with E-state index in [1.807, 2.05) is 18.2 Å². The highest BCUT2D eigenvalue weighted by Crippen LogP contribution is 2.32. The van der Waals surface area contributed by atoms with Gasteiger partial charge in [-0.15, -0.1) is 0 Å². The molecule has 270 valence electrons. The Morgan fingerprint density at radius 2 is 1.60 bits per heavy atom. The van der Waals surface area contributed by atoms with Gasteiger partial charge in [-0.3, -0.25) is 9.59 Å². The summed E-state index contributed by atoms with van der Waals surface area (Å²) in [6.07, 6.45) is 3.11. The van der Waals surface area contributed by atoms with Crippen molar-refractivity contribution in [1.29, 1.82) is 0 Å². The molecular weight excluding hydrogens is 604 g/mol. The van der Waals surface area contributed by atoms with Gasteiger partial charge in [-0.2, -0.15) is 0 Å². The zero-order chi connectivity index (χ0) is 35.4. The first-order valence-electron chi connectivity index (χ1n) is 17.1. The Morgan fingerprint density at radius 1 is 0.915 bits per heavy atom. The molecular formula is C36H62N2O9. The smallest absolute Gasteiger partial charge is 0.407 e. The van der Waals surface area contributed by atoms with Crippen LogP contribution in [0.25, 0.3) is 0 Å². The molecule has 0 heterocycles. The lowest BCUT2D eigenvalue weighted by atomic mass is 9.82. The monoisotopic (exact) mass is 666 g/mol. The molecule has 1 aromatic carbocycles. The number of unbranched alkanes of at least 4 members (excludes halogenated alkanes) is 1. The highest BCUT2D eigenvalue weighted by Gasteiger charge is 2.31. The molecule has 0 radical (unpaired) electrons. The SMILES string of the molecule is CCCCNC(=O)[C@H](C)C[C@H](O)[C@H](C[C@H](Cc1ccc(OCCCC(=O)OC)c(OCCCOC)c1)C(C)C)NC(=O)OC(C)(C)C. The van der Waals surface area contributed by atoms with Crippen molar-refractivity contribution in [1.82, 2.24) is 10.6 Å². The molecule has 4 atom stereocenters. The summed E-state index contributed by atoms with van der Waals surface area (Å²) in [5.41, 5.74) is 0.313. The number of benzene rings is 1. The molecule has 47 heavy (non-hydrogen) atoms. The highest BCUT2D eigenvalue weighted by molar-refractivity contribution is 5.78. The summed E-state index contributed by atoms with van der Waals surface area (Å²) in [6, 6.07) is 5.20. The number of amides is 2. The van der Waals surface area contributed by atoms with Crippen LogP contribution in [-0.4, -0.2) is 81.4 Å². The molecule has 0 aliphatic rings. The van der Waals surface area contributed by atoms with Crippen molar-refractivity contribution in [3.05, 3.63) is 23.8 Å². The third-order valence-corrected chi connectivity index (χ3v) is 7.81. The van der Waals surface area contributed by atoms with Crippen molar-refractivity contribution in [3.8, 4) is 11.5 Å². The topological polar surface area (TPSA) is 142 Å². The Hall–Kier alpha value is -3.05. The van der Waals surface area contributed by atoms with Gasteiger partial charge < -0.3 is 39.4 Å². The second-order valence-electron chi connectivity index (χ2n) is 13.5. The molecule has 0 unspecified atom stereocenters. The molecule has 11 nitrogen and oxygen atoms in total. The maximum Gasteiger partial charge on any atom is 0.407 e. The molecule has 0 aliphatic heterocycles. The number of hydrogen-bond acceptors (Lipinski definition) is 9. The number of nitrogens with one attached hydrogen (secondary N) is 2. The van der Waals surface area contributed by atoms with Gasteiger partial charge in [-0.25, -0.2) is 4.79 Å². The summed E-state index contributed by atoms with van der Waals surface area (Å²) in [7, 11) is 3.01. The number of aliphatic hydroxyl groups excluding tert-OH is 1. The standard InChI is InChI=1S/C36H62N2O9/c1-10-11-17-37-34(41)26(4)21-30(39)29(38-35(42)47-36(5,6)7)24-28(25(2)3)22-27-15-16-31(45-19-12-14-33(40)44-9)32(23-27)46-20-13-18-43-8/h15-16,23,25-26,28-30,39H,10-14,17-22,24H2,1-9H3,(H,37,41)(H,38,42)/t26-,28+,29+,30+/m1/s1. The number of ether oxygens (including phenoxy) is 5. The zero-order valence-corrected chi connectivity index (χ0v) is 30.3. The van der Waals surface area contributed by atoms with Crippen LogP contribution in [0.2, 0.25) is 0 Å². The summed E-state index contributed by atoms with van der Waals surface area (Å²) in [4.78, 5) is 37.0. The van der Waals surface area contributed by atoms with E-state index in [1.165, 1.54) is 7.11 Å². The minimum absolute atomic E-state index is 0.0615. The Bertz CT molecular complexity index is 1060. The van der Waals surface area contributed by atoms with Crippen LogP contribution >= 0.6 is 0 Å². The van der Waals surface area contributed by atoms with Crippen LogP contribution < -0.4 is 20.1 Å². The van der Waals surface area contributed by atoms with E-state index in [-0.39, 0.29) is 36.6 Å². The molecule has 0 saturated heterocycles. The van der Waals surface area contributed by atoms with Gasteiger partial charge in [-0.1, -0.05) is 40.2 Å². The van der Waals surface area contributed by atoms with Gasteiger partial charge in [0.1, 0.15) is 5.60 Å². The average molecular weight is 667 g/mol. The lowest BCUT2D eigenvalue weighted by molar-refractivity contribution is -0.140. The Balaban J connectivity index is 3.17. The van der Waals surface area contributed by atoms with Crippen molar-refractivity contribution in [2.45, 2.75) is 118 Å². The zero-order valence-electron chi connectivity index (χ0n) is 30.3. The summed E-state index contributed by atoms with van der Waals surface area (Å²) < 4.78 is 27.5. The number of rotatable bonds is 23. The number of aliphatic hydroxyl groups is 1. The van der Waals surface area contributed by atoms with E-state index in [0.29, 0.717) is 63.5 Å². The minimum Gasteiger partial charge on any atom is -0.490 e. The van der Waals surface area contributed by atoms with Crippen molar-refractivity contribution in [2.75, 3.05) is 40.6 Å². The van der Waals surface area contributed by atoms with Crippen LogP contribution in [0, 0.1) is 17.8 Å². The number of carbonyl (C=O) groups excluding carboxylic acids is 3. The van der Waals surface area contributed by atoms with E-state index >= 15 is 0 Å². The summed E-state index contributed by atoms with van der Waals surface area (Å²) in [5.74, 6) is 0.634. The van der Waals surface area contributed by atoms with Crippen molar-refractivity contribution >= 4 is 18.0 Å². The molecule has 1 rings (SSSR count). The van der Waals surface area contributed by atoms with E-state index in [4.69, 9.17) is 23.7 Å². The van der Waals surface area contributed by atoms with Crippen LogP contribution in [0.1, 0.15) is 99.0 Å². The quantitative estimate of drug-likeness (QED) is 0.0971. The lowest BCUT2D eigenvalue weighted by Crippen LogP contribution is -2.48. The average Bonchev–Trinajstić information content (AvgIpc) is 3.00. The van der Waals surface area contributed by atoms with Gasteiger partial charge in [0.05, 0.1) is 32.5 Å². The van der Waals surface area contributed by atoms with Gasteiger partial charge in [0.2, 0.25) is 5.91 Å². The first-order chi connectivity index (χ1) is 22.2. The molecule has 0 saturated carbocycles. The van der Waals surface area contributed by atoms with Crippen molar-refractivity contribution < 1.29 is 43.2 Å². The molecule has 0 aromatic heterocycles. The number of carbonyl (C=O) groups is 3. The molecule has 0 bridgehead atoms. The third kappa shape index (κ3) is 18.2. The third-order valence-electron chi connectivity index (χ3n) is 7.81. The summed E-state index contributed by atoms with van der Waals surface area (Å²) in [5, 5.41) is 17.2. The van der Waals surface area contributed by atoms with Gasteiger partial charge in [0.25, 0.3) is 0 Å². The first kappa shape index (κ1) is 42.0. The maximum absolute atomic E-state index is 12.9. The number of methoxy groups -OCH3 is 2. The van der Waals surface area contributed by atoms with Crippen LogP contribution in [0.15, 0.2) is 18.2 Å². The van der Waals surface area contributed by atoms with Crippen LogP contribution in [0.3, 0.4) is 0 Å². The molecule has 11 heteroatoms. The van der Waals surface area contributed by atoms with Crippen LogP contribution in [0.5, 0.6) is 11.5 Å². The molecule has 0 aliphatic carbocycles. The number of hydrogen-bond donors (Lipinski definition) is 3. The lowest BCUT2D eigenvalue weighted by Gasteiger charge is -2.32. The van der Waals surface area contributed by atoms with E-state index in [1.54, 1.807) is 34.8 Å². The predicted octanol–water partition coefficient (Wildman–Crippen LogP) is 5.84. The molecule has 0 spiro atoms. The van der Waals surface area contributed by atoms with Crippen molar-refractivity contribution in [3.63, 3.8) is 0 Å². The van der Waals surface area contributed by atoms with Gasteiger partial charge in [0, 0.05) is 39.0 Å². The van der Waals surface area contributed by atoms with E-state index in [0.717, 1.165) is 18.4 Å². The van der Waals surface area contributed by atoms with Gasteiger partial charge >= 0.3 is 12.1 Å². The van der Waals surface area contributed by atoms with Crippen LogP contribution in [0.4, 0.5) is 4.79 Å². The Labute approximate surface area is 282 Å². The fraction of sp³-hybridized carbons (Fsp3) is 0.750. The van der Waals surface area contributed by atoms with Gasteiger partial charge in [0.15, 0.2) is 11.5 Å². The Morgan fingerprint density at radius 3 is 2.21 bits per heavy atom. The first-order valence-corrected chi connectivity index (χ1v) is 17.1. The van der Waals surface area contributed by atoms with E-state index < -0.39 is 29.8 Å². The Kier molecular flexibility index (Phi) is 20.1. The fourth-order valence-corrected chi connectivity index (χ4v) is 4.98. The largest absolute Gasteiger partial charge is 0.490 e. The van der Waals surface area contributed by atoms with E-state index in [2.05, 4.69) is 31.4 Å². The maximum atomic E-state index is 12.9. The van der Waals surface area contributed by atoms with Crippen molar-refractivity contribution in [2.24, 2.45) is 17.8 Å². The molecule has 0 fully saturated rings. The predicted molar refractivity (Wildman–Crippen MR) is 183 cm³/mol. The number of alkyl carbamates (subject to hydrolysis) is 1. The molecule has 1 aromatic rings. The van der Waals surface area contributed by atoms with Crippen LogP contribution in [-0.2, 0) is 30.2 Å². The highest BCUT2D eigenvalue weighted by atomic mass is 16.6. The van der Waals surface area contributed by atoms with E-state index in [9.17, 15) is 19.5 Å².